The third-order valence-electron chi connectivity index (χ3n) is 1.94. The fourth-order valence-corrected chi connectivity index (χ4v) is 1.09. The molecule has 0 saturated carbocycles. The second-order valence-corrected chi connectivity index (χ2v) is 3.26. The zero-order valence-electron chi connectivity index (χ0n) is 8.94. The fraction of sp³-hybridized carbons (Fsp3) is 0.333. The summed E-state index contributed by atoms with van der Waals surface area (Å²) in [5.74, 6) is -0.0488. The predicted octanol–water partition coefficient (Wildman–Crippen LogP) is 2.01. The minimum Gasteiger partial charge on any atom is -0.353 e. The Morgan fingerprint density at radius 2 is 2.47 bits per heavy atom. The summed E-state index contributed by atoms with van der Waals surface area (Å²) in [4.78, 5) is 15.2. The number of pyridine rings is 1. The first-order valence-corrected chi connectivity index (χ1v) is 5.19. The predicted molar refractivity (Wildman–Crippen MR) is 61.2 cm³/mol. The normalized spacial score (nSPS) is 10.5. The average molecular weight is 204 g/mol. The van der Waals surface area contributed by atoms with Gasteiger partial charge in [0.2, 0.25) is 5.91 Å². The van der Waals surface area contributed by atoms with Crippen LogP contribution in [-0.4, -0.2) is 17.4 Å². The Kier molecular flexibility index (Phi) is 5.15. The van der Waals surface area contributed by atoms with Gasteiger partial charge in [-0.05, 0) is 24.1 Å². The highest BCUT2D eigenvalue weighted by Crippen LogP contribution is 1.97. The lowest BCUT2D eigenvalue weighted by atomic mass is 10.2. The number of carbonyl (C=O) groups excluding carboxylic acids is 1. The summed E-state index contributed by atoms with van der Waals surface area (Å²) in [5, 5.41) is 2.81. The highest BCUT2D eigenvalue weighted by Gasteiger charge is 1.93. The lowest BCUT2D eigenvalue weighted by molar-refractivity contribution is -0.116. The van der Waals surface area contributed by atoms with Crippen molar-refractivity contribution in [2.24, 2.45) is 0 Å². The van der Waals surface area contributed by atoms with Gasteiger partial charge in [-0.2, -0.15) is 0 Å². The molecule has 15 heavy (non-hydrogen) atoms. The molecule has 3 nitrogen and oxygen atoms in total. The molecule has 0 spiro atoms. The number of rotatable bonds is 5. The number of hydrogen-bond donors (Lipinski definition) is 1. The van der Waals surface area contributed by atoms with E-state index in [4.69, 9.17) is 0 Å². The largest absolute Gasteiger partial charge is 0.353 e. The van der Waals surface area contributed by atoms with Gasteiger partial charge < -0.3 is 5.32 Å². The molecule has 1 rings (SSSR count). The first-order valence-electron chi connectivity index (χ1n) is 5.19. The molecule has 1 heterocycles. The highest BCUT2D eigenvalue weighted by atomic mass is 16.1. The van der Waals surface area contributed by atoms with Crippen LogP contribution in [0.3, 0.4) is 0 Å². The SMILES string of the molecule is CCCCNC(=O)C=Cc1cccnc1. The van der Waals surface area contributed by atoms with Crippen LogP contribution in [0.25, 0.3) is 6.08 Å². The van der Waals surface area contributed by atoms with Crippen LogP contribution in [0.4, 0.5) is 0 Å². The van der Waals surface area contributed by atoms with Crippen LogP contribution < -0.4 is 5.32 Å². The Labute approximate surface area is 90.2 Å². The molecule has 0 saturated heterocycles. The van der Waals surface area contributed by atoms with Crippen molar-refractivity contribution < 1.29 is 4.79 Å². The Hall–Kier alpha value is -1.64. The third kappa shape index (κ3) is 4.96. The Balaban J connectivity index is 2.34. The number of amides is 1. The van der Waals surface area contributed by atoms with Crippen molar-refractivity contribution in [1.82, 2.24) is 10.3 Å². The maximum Gasteiger partial charge on any atom is 0.243 e. The minimum absolute atomic E-state index is 0.0488. The summed E-state index contributed by atoms with van der Waals surface area (Å²) in [6, 6.07) is 3.75. The van der Waals surface area contributed by atoms with Crippen molar-refractivity contribution in [1.29, 1.82) is 0 Å². The molecule has 0 unspecified atom stereocenters. The van der Waals surface area contributed by atoms with E-state index in [9.17, 15) is 4.79 Å². The molecular weight excluding hydrogens is 188 g/mol. The van der Waals surface area contributed by atoms with E-state index in [0.29, 0.717) is 0 Å². The van der Waals surface area contributed by atoms with Gasteiger partial charge in [-0.1, -0.05) is 19.4 Å². The van der Waals surface area contributed by atoms with Crippen LogP contribution in [0.5, 0.6) is 0 Å². The van der Waals surface area contributed by atoms with Gasteiger partial charge in [-0.25, -0.2) is 0 Å². The van der Waals surface area contributed by atoms with E-state index >= 15 is 0 Å². The molecule has 1 aromatic heterocycles. The molecule has 1 aromatic rings. The molecule has 0 fully saturated rings. The van der Waals surface area contributed by atoms with Crippen LogP contribution in [0.1, 0.15) is 25.3 Å². The van der Waals surface area contributed by atoms with Crippen LogP contribution >= 0.6 is 0 Å². The monoisotopic (exact) mass is 204 g/mol. The Bertz CT molecular complexity index is 320. The van der Waals surface area contributed by atoms with E-state index in [-0.39, 0.29) is 5.91 Å². The fourth-order valence-electron chi connectivity index (χ4n) is 1.09. The van der Waals surface area contributed by atoms with E-state index in [1.807, 2.05) is 12.1 Å². The average Bonchev–Trinajstić information content (AvgIpc) is 2.28. The summed E-state index contributed by atoms with van der Waals surface area (Å²) < 4.78 is 0. The number of aromatic nitrogens is 1. The topological polar surface area (TPSA) is 42.0 Å². The second-order valence-electron chi connectivity index (χ2n) is 3.26. The smallest absolute Gasteiger partial charge is 0.243 e. The van der Waals surface area contributed by atoms with Crippen LogP contribution in [0.2, 0.25) is 0 Å². The van der Waals surface area contributed by atoms with E-state index in [1.54, 1.807) is 18.5 Å². The molecule has 1 N–H and O–H groups in total. The van der Waals surface area contributed by atoms with Crippen molar-refractivity contribution in [2.75, 3.05) is 6.54 Å². The zero-order chi connectivity index (χ0) is 10.9. The molecule has 3 heteroatoms. The Morgan fingerprint density at radius 3 is 3.13 bits per heavy atom. The molecule has 0 aromatic carbocycles. The van der Waals surface area contributed by atoms with Crippen LogP contribution in [0, 0.1) is 0 Å². The van der Waals surface area contributed by atoms with E-state index < -0.39 is 0 Å². The third-order valence-corrected chi connectivity index (χ3v) is 1.94. The van der Waals surface area contributed by atoms with Gasteiger partial charge in [0.05, 0.1) is 0 Å². The molecule has 1 amide bonds. The van der Waals surface area contributed by atoms with Crippen LogP contribution in [0.15, 0.2) is 30.6 Å². The van der Waals surface area contributed by atoms with Gasteiger partial charge in [0, 0.05) is 25.0 Å². The van der Waals surface area contributed by atoms with Crippen molar-refractivity contribution in [3.05, 3.63) is 36.2 Å². The van der Waals surface area contributed by atoms with Gasteiger partial charge in [-0.3, -0.25) is 9.78 Å². The number of nitrogens with one attached hydrogen (secondary N) is 1. The van der Waals surface area contributed by atoms with Gasteiger partial charge in [0.1, 0.15) is 0 Å². The summed E-state index contributed by atoms with van der Waals surface area (Å²) in [6.07, 6.45) is 8.83. The molecule has 0 radical (unpaired) electrons. The van der Waals surface area contributed by atoms with Crippen molar-refractivity contribution >= 4 is 12.0 Å². The van der Waals surface area contributed by atoms with Gasteiger partial charge in [-0.15, -0.1) is 0 Å². The summed E-state index contributed by atoms with van der Waals surface area (Å²) in [5.41, 5.74) is 0.933. The van der Waals surface area contributed by atoms with E-state index in [1.165, 1.54) is 6.08 Å². The Morgan fingerprint density at radius 1 is 1.60 bits per heavy atom. The van der Waals surface area contributed by atoms with Gasteiger partial charge >= 0.3 is 0 Å². The standard InChI is InChI=1S/C12H16N2O/c1-2-3-9-14-12(15)7-6-11-5-4-8-13-10-11/h4-8,10H,2-3,9H2,1H3,(H,14,15). The molecule has 0 atom stereocenters. The maximum absolute atomic E-state index is 11.3. The lowest BCUT2D eigenvalue weighted by Gasteiger charge is -1.98. The van der Waals surface area contributed by atoms with Gasteiger partial charge in [0.25, 0.3) is 0 Å². The lowest BCUT2D eigenvalue weighted by Crippen LogP contribution is -2.21. The quantitative estimate of drug-likeness (QED) is 0.589. The van der Waals surface area contributed by atoms with Crippen molar-refractivity contribution in [2.45, 2.75) is 19.8 Å². The number of nitrogens with zero attached hydrogens (tertiary/aromatic N) is 1. The van der Waals surface area contributed by atoms with E-state index in [2.05, 4.69) is 17.2 Å². The maximum atomic E-state index is 11.3. The molecule has 0 aliphatic heterocycles. The van der Waals surface area contributed by atoms with Gasteiger partial charge in [0.15, 0.2) is 0 Å². The molecule has 80 valence electrons. The number of unbranched alkanes of at least 4 members (excludes halogenated alkanes) is 1. The van der Waals surface area contributed by atoms with Crippen molar-refractivity contribution in [3.8, 4) is 0 Å². The minimum atomic E-state index is -0.0488. The summed E-state index contributed by atoms with van der Waals surface area (Å²) >= 11 is 0. The first-order chi connectivity index (χ1) is 7.33. The first kappa shape index (κ1) is 11.4. The van der Waals surface area contributed by atoms with E-state index in [0.717, 1.165) is 24.9 Å². The summed E-state index contributed by atoms with van der Waals surface area (Å²) in [7, 11) is 0. The zero-order valence-corrected chi connectivity index (χ0v) is 8.94. The number of hydrogen-bond acceptors (Lipinski definition) is 2. The number of carbonyl (C=O) groups is 1. The molecular formula is C12H16N2O. The van der Waals surface area contributed by atoms with Crippen LogP contribution in [-0.2, 0) is 4.79 Å². The molecule has 0 aliphatic carbocycles. The molecule has 0 aliphatic rings. The summed E-state index contributed by atoms with van der Waals surface area (Å²) in [6.45, 7) is 2.84. The van der Waals surface area contributed by atoms with Crippen molar-refractivity contribution in [3.63, 3.8) is 0 Å². The molecule has 0 bridgehead atoms. The highest BCUT2D eigenvalue weighted by molar-refractivity contribution is 5.91. The second kappa shape index (κ2) is 6.76.